The molecule has 7 nitrogen and oxygen atoms in total. The number of rotatable bonds is 8. The molecule has 0 aromatic heterocycles. The number of carbonyl (C=O) groups excluding carboxylic acids is 2. The van der Waals surface area contributed by atoms with Crippen LogP contribution in [0.25, 0.3) is 0 Å². The predicted octanol–water partition coefficient (Wildman–Crippen LogP) is 6.26. The molecule has 9 heteroatoms. The number of hydrogen-bond donors (Lipinski definition) is 3. The van der Waals surface area contributed by atoms with Crippen molar-refractivity contribution in [2.24, 2.45) is 10.2 Å². The summed E-state index contributed by atoms with van der Waals surface area (Å²) in [5.74, 6) is -0.828. The van der Waals surface area contributed by atoms with Gasteiger partial charge in [0, 0.05) is 10.0 Å². The number of hydrogen-bond acceptors (Lipinski definition) is 5. The van der Waals surface area contributed by atoms with E-state index in [-0.39, 0.29) is 0 Å². The first-order chi connectivity index (χ1) is 18.0. The molecule has 0 saturated heterocycles. The monoisotopic (exact) mass is 529 g/mol. The topological polar surface area (TPSA) is 95.0 Å². The van der Waals surface area contributed by atoms with Gasteiger partial charge in [0.05, 0.1) is 34.9 Å². The molecular formula is C28H21Cl2N5O2. The van der Waals surface area contributed by atoms with Gasteiger partial charge in [0.1, 0.15) is 0 Å². The highest BCUT2D eigenvalue weighted by atomic mass is 35.5. The van der Waals surface area contributed by atoms with E-state index in [0.29, 0.717) is 32.5 Å². The van der Waals surface area contributed by atoms with E-state index in [2.05, 4.69) is 26.4 Å². The van der Waals surface area contributed by atoms with E-state index in [9.17, 15) is 9.59 Å². The maximum atomic E-state index is 12.8. The highest BCUT2D eigenvalue weighted by Crippen LogP contribution is 2.24. The molecule has 4 aromatic rings. The average molecular weight is 530 g/mol. The molecular weight excluding hydrogens is 509 g/mol. The molecule has 2 amide bonds. The molecule has 0 aliphatic heterocycles. The van der Waals surface area contributed by atoms with Gasteiger partial charge in [-0.1, -0.05) is 71.7 Å². The van der Waals surface area contributed by atoms with Gasteiger partial charge in [-0.25, -0.2) is 10.9 Å². The molecule has 0 fully saturated rings. The lowest BCUT2D eigenvalue weighted by Gasteiger charge is -2.14. The number of carbonyl (C=O) groups is 2. The largest absolute Gasteiger partial charge is 0.354 e. The lowest BCUT2D eigenvalue weighted by molar-refractivity contribution is 0.0948. The molecule has 0 spiro atoms. The first kappa shape index (κ1) is 25.6. The normalized spacial score (nSPS) is 11.0. The van der Waals surface area contributed by atoms with Crippen molar-refractivity contribution in [1.29, 1.82) is 0 Å². The standard InChI is InChI=1S/C28H21Cl2N5O2/c29-21-13-9-19(10-14-21)17-31-34-27(36)23-5-1-3-7-25(23)33-26-8-4-2-6-24(26)28(37)35-32-18-20-11-15-22(30)16-12-20/h1-18,33H,(H,34,36)(H,35,37)/b31-17+,32-18+. The number of hydrazone groups is 2. The smallest absolute Gasteiger partial charge is 0.273 e. The molecule has 4 rings (SSSR count). The number of anilines is 2. The van der Waals surface area contributed by atoms with Crippen LogP contribution in [-0.4, -0.2) is 24.2 Å². The third-order valence-electron chi connectivity index (χ3n) is 5.11. The Kier molecular flexibility index (Phi) is 8.65. The van der Waals surface area contributed by atoms with Crippen LogP contribution in [0.3, 0.4) is 0 Å². The molecule has 0 saturated carbocycles. The minimum Gasteiger partial charge on any atom is -0.354 e. The lowest BCUT2D eigenvalue weighted by Crippen LogP contribution is -2.20. The van der Waals surface area contributed by atoms with Gasteiger partial charge in [-0.2, -0.15) is 10.2 Å². The van der Waals surface area contributed by atoms with Crippen molar-refractivity contribution in [2.45, 2.75) is 0 Å². The summed E-state index contributed by atoms with van der Waals surface area (Å²) >= 11 is 11.8. The van der Waals surface area contributed by atoms with Crippen molar-refractivity contribution in [2.75, 3.05) is 5.32 Å². The minimum atomic E-state index is -0.414. The van der Waals surface area contributed by atoms with E-state index in [1.54, 1.807) is 97.1 Å². The Hall–Kier alpha value is -4.46. The van der Waals surface area contributed by atoms with Gasteiger partial charge in [0.25, 0.3) is 11.8 Å². The third-order valence-corrected chi connectivity index (χ3v) is 5.62. The zero-order chi connectivity index (χ0) is 26.0. The Morgan fingerprint density at radius 1 is 0.568 bits per heavy atom. The third kappa shape index (κ3) is 7.27. The van der Waals surface area contributed by atoms with Crippen LogP contribution in [0.2, 0.25) is 10.0 Å². The quantitative estimate of drug-likeness (QED) is 0.185. The van der Waals surface area contributed by atoms with E-state index < -0.39 is 11.8 Å². The molecule has 0 atom stereocenters. The molecule has 184 valence electrons. The van der Waals surface area contributed by atoms with Gasteiger partial charge in [-0.05, 0) is 59.7 Å². The van der Waals surface area contributed by atoms with Crippen LogP contribution in [0.15, 0.2) is 107 Å². The summed E-state index contributed by atoms with van der Waals surface area (Å²) in [6, 6.07) is 28.0. The number of halogens is 2. The zero-order valence-electron chi connectivity index (χ0n) is 19.4. The molecule has 0 unspecified atom stereocenters. The van der Waals surface area contributed by atoms with E-state index in [4.69, 9.17) is 23.2 Å². The molecule has 0 aliphatic carbocycles. The van der Waals surface area contributed by atoms with Crippen LogP contribution in [0.1, 0.15) is 31.8 Å². The highest BCUT2D eigenvalue weighted by Gasteiger charge is 2.14. The number of amides is 2. The van der Waals surface area contributed by atoms with Gasteiger partial charge in [0.15, 0.2) is 0 Å². The second kappa shape index (κ2) is 12.5. The Bertz CT molecular complexity index is 1340. The fourth-order valence-electron chi connectivity index (χ4n) is 3.27. The second-order valence-corrected chi connectivity index (χ2v) is 8.59. The van der Waals surface area contributed by atoms with Gasteiger partial charge in [-0.3, -0.25) is 9.59 Å². The first-order valence-electron chi connectivity index (χ1n) is 11.1. The molecule has 0 bridgehead atoms. The molecule has 4 aromatic carbocycles. The average Bonchev–Trinajstić information content (AvgIpc) is 2.91. The number of para-hydroxylation sites is 2. The first-order valence-corrected chi connectivity index (χ1v) is 11.9. The Balaban J connectivity index is 1.46. The maximum Gasteiger partial charge on any atom is 0.273 e. The van der Waals surface area contributed by atoms with Crippen LogP contribution in [0.4, 0.5) is 11.4 Å². The number of nitrogens with one attached hydrogen (secondary N) is 3. The van der Waals surface area contributed by atoms with Gasteiger partial charge < -0.3 is 5.32 Å². The zero-order valence-corrected chi connectivity index (χ0v) is 20.9. The van der Waals surface area contributed by atoms with E-state index in [0.717, 1.165) is 11.1 Å². The summed E-state index contributed by atoms with van der Waals surface area (Å²) in [6.07, 6.45) is 3.04. The van der Waals surface area contributed by atoms with Crippen molar-refractivity contribution in [3.8, 4) is 0 Å². The summed E-state index contributed by atoms with van der Waals surface area (Å²) in [4.78, 5) is 25.6. The Morgan fingerprint density at radius 2 is 0.946 bits per heavy atom. The fourth-order valence-corrected chi connectivity index (χ4v) is 3.53. The minimum absolute atomic E-state index is 0.353. The van der Waals surface area contributed by atoms with E-state index in [1.165, 1.54) is 12.4 Å². The number of nitrogens with zero attached hydrogens (tertiary/aromatic N) is 2. The molecule has 3 N–H and O–H groups in total. The summed E-state index contributed by atoms with van der Waals surface area (Å²) in [7, 11) is 0. The van der Waals surface area contributed by atoms with Crippen LogP contribution < -0.4 is 16.2 Å². The van der Waals surface area contributed by atoms with Crippen molar-refractivity contribution < 1.29 is 9.59 Å². The van der Waals surface area contributed by atoms with E-state index >= 15 is 0 Å². The predicted molar refractivity (Wildman–Crippen MR) is 149 cm³/mol. The van der Waals surface area contributed by atoms with Gasteiger partial charge >= 0.3 is 0 Å². The van der Waals surface area contributed by atoms with Gasteiger partial charge in [0.2, 0.25) is 0 Å². The van der Waals surface area contributed by atoms with Crippen molar-refractivity contribution in [3.63, 3.8) is 0 Å². The Labute approximate surface area is 223 Å². The van der Waals surface area contributed by atoms with Crippen molar-refractivity contribution >= 4 is 58.8 Å². The van der Waals surface area contributed by atoms with Crippen LogP contribution in [-0.2, 0) is 0 Å². The summed E-state index contributed by atoms with van der Waals surface area (Å²) in [6.45, 7) is 0. The van der Waals surface area contributed by atoms with Crippen LogP contribution in [0, 0.1) is 0 Å². The second-order valence-electron chi connectivity index (χ2n) is 7.72. The van der Waals surface area contributed by atoms with Crippen molar-refractivity contribution in [3.05, 3.63) is 129 Å². The van der Waals surface area contributed by atoms with E-state index in [1.807, 2.05) is 0 Å². The molecule has 0 heterocycles. The summed E-state index contributed by atoms with van der Waals surface area (Å²) in [5, 5.41) is 12.5. The molecule has 0 radical (unpaired) electrons. The highest BCUT2D eigenvalue weighted by molar-refractivity contribution is 6.30. The SMILES string of the molecule is O=C(N/N=C/c1ccc(Cl)cc1)c1ccccc1Nc1ccccc1C(=O)N/N=C/c1ccc(Cl)cc1. The maximum absolute atomic E-state index is 12.8. The fraction of sp³-hybridized carbons (Fsp3) is 0. The van der Waals surface area contributed by atoms with Crippen LogP contribution in [0.5, 0.6) is 0 Å². The number of benzene rings is 4. The van der Waals surface area contributed by atoms with Crippen molar-refractivity contribution in [1.82, 2.24) is 10.9 Å². The molecule has 37 heavy (non-hydrogen) atoms. The lowest BCUT2D eigenvalue weighted by atomic mass is 10.1. The summed E-state index contributed by atoms with van der Waals surface area (Å²) < 4.78 is 0. The van der Waals surface area contributed by atoms with Crippen LogP contribution >= 0.6 is 23.2 Å². The molecule has 0 aliphatic rings. The summed E-state index contributed by atoms with van der Waals surface area (Å²) in [5.41, 5.74) is 8.34. The van der Waals surface area contributed by atoms with Gasteiger partial charge in [-0.15, -0.1) is 0 Å². The Morgan fingerprint density at radius 3 is 1.35 bits per heavy atom.